The third kappa shape index (κ3) is 3.19. The lowest BCUT2D eigenvalue weighted by molar-refractivity contribution is -0.135. The summed E-state index contributed by atoms with van der Waals surface area (Å²) in [4.78, 5) is 24.6. The van der Waals surface area contributed by atoms with Crippen LogP contribution in [-0.2, 0) is 14.3 Å². The van der Waals surface area contributed by atoms with Crippen LogP contribution in [0.15, 0.2) is 0 Å². The summed E-state index contributed by atoms with van der Waals surface area (Å²) in [6.07, 6.45) is 2.44. The second kappa shape index (κ2) is 5.04. The van der Waals surface area contributed by atoms with Crippen LogP contribution in [0.2, 0.25) is 0 Å². The summed E-state index contributed by atoms with van der Waals surface area (Å²) < 4.78 is 5.36. The molecule has 17 heavy (non-hydrogen) atoms. The number of carbonyl (C=O) groups excluding carboxylic acids is 2. The molecule has 96 valence electrons. The number of nitrogens with two attached hydrogens (primary N) is 1. The highest BCUT2D eigenvalue weighted by molar-refractivity contribution is 5.81. The maximum atomic E-state index is 11.8. The Morgan fingerprint density at radius 2 is 2.06 bits per heavy atom. The Kier molecular flexibility index (Phi) is 3.66. The molecule has 1 heterocycles. The quantitative estimate of drug-likeness (QED) is 0.734. The van der Waals surface area contributed by atoms with Gasteiger partial charge < -0.3 is 15.4 Å². The Hall–Kier alpha value is -1.10. The fraction of sp³-hybridized carbons (Fsp3) is 0.833. The maximum Gasteiger partial charge on any atom is 0.248 e. The van der Waals surface area contributed by atoms with Crippen LogP contribution in [0.25, 0.3) is 0 Å². The Bertz CT molecular complexity index is 315. The van der Waals surface area contributed by atoms with Gasteiger partial charge in [0, 0.05) is 13.1 Å². The fourth-order valence-electron chi connectivity index (χ4n) is 2.23. The van der Waals surface area contributed by atoms with Crippen molar-refractivity contribution in [2.75, 3.05) is 26.3 Å². The normalized spacial score (nSPS) is 28.4. The van der Waals surface area contributed by atoms with Crippen LogP contribution in [0, 0.1) is 17.8 Å². The summed E-state index contributed by atoms with van der Waals surface area (Å²) in [6, 6.07) is 0. The van der Waals surface area contributed by atoms with Crippen LogP contribution in [0.4, 0.5) is 0 Å². The fourth-order valence-corrected chi connectivity index (χ4v) is 2.23. The van der Waals surface area contributed by atoms with Gasteiger partial charge >= 0.3 is 0 Å². The van der Waals surface area contributed by atoms with Crippen molar-refractivity contribution in [1.29, 1.82) is 0 Å². The van der Waals surface area contributed by atoms with Crippen molar-refractivity contribution in [2.45, 2.75) is 19.8 Å². The molecule has 2 N–H and O–H groups in total. The minimum absolute atomic E-state index is 0.0266. The van der Waals surface area contributed by atoms with E-state index < -0.39 is 0 Å². The lowest BCUT2D eigenvalue weighted by atomic mass is 9.98. The van der Waals surface area contributed by atoms with Gasteiger partial charge in [0.15, 0.2) is 0 Å². The Morgan fingerprint density at radius 3 is 2.59 bits per heavy atom. The van der Waals surface area contributed by atoms with Crippen molar-refractivity contribution < 1.29 is 14.3 Å². The van der Waals surface area contributed by atoms with Crippen LogP contribution in [-0.4, -0.2) is 43.0 Å². The van der Waals surface area contributed by atoms with E-state index in [4.69, 9.17) is 10.5 Å². The first-order valence-corrected chi connectivity index (χ1v) is 6.22. The number of hydrogen-bond acceptors (Lipinski definition) is 3. The monoisotopic (exact) mass is 240 g/mol. The standard InChI is InChI=1S/C12H20N2O3/c1-8-4-14(5-10(8)12(13)16)11(15)7-17-6-9-2-3-9/h8-10H,2-7H2,1H3,(H2,13,16)/t8-,10-/m1/s1. The van der Waals surface area contributed by atoms with E-state index in [0.717, 1.165) is 0 Å². The molecule has 1 aliphatic heterocycles. The van der Waals surface area contributed by atoms with Crippen LogP contribution >= 0.6 is 0 Å². The van der Waals surface area contributed by atoms with Gasteiger partial charge in [0.2, 0.25) is 11.8 Å². The third-order valence-corrected chi connectivity index (χ3v) is 3.61. The molecule has 0 radical (unpaired) electrons. The molecule has 1 saturated heterocycles. The smallest absolute Gasteiger partial charge is 0.248 e. The van der Waals surface area contributed by atoms with Crippen molar-refractivity contribution >= 4 is 11.8 Å². The van der Waals surface area contributed by atoms with E-state index in [9.17, 15) is 9.59 Å². The number of amides is 2. The number of carbonyl (C=O) groups is 2. The van der Waals surface area contributed by atoms with Gasteiger partial charge in [-0.2, -0.15) is 0 Å². The summed E-state index contributed by atoms with van der Waals surface area (Å²) in [7, 11) is 0. The average molecular weight is 240 g/mol. The Labute approximate surface area is 101 Å². The molecule has 2 fully saturated rings. The van der Waals surface area contributed by atoms with E-state index in [-0.39, 0.29) is 30.3 Å². The summed E-state index contributed by atoms with van der Waals surface area (Å²) in [5.74, 6) is 0.272. The molecule has 1 saturated carbocycles. The lowest BCUT2D eigenvalue weighted by Gasteiger charge is -2.15. The molecule has 2 rings (SSSR count). The SMILES string of the molecule is C[C@@H]1CN(C(=O)COCC2CC2)C[C@H]1C(N)=O. The van der Waals surface area contributed by atoms with Crippen LogP contribution < -0.4 is 5.73 Å². The lowest BCUT2D eigenvalue weighted by Crippen LogP contribution is -2.34. The van der Waals surface area contributed by atoms with Crippen LogP contribution in [0.5, 0.6) is 0 Å². The van der Waals surface area contributed by atoms with Gasteiger partial charge in [0.05, 0.1) is 12.5 Å². The van der Waals surface area contributed by atoms with E-state index in [1.165, 1.54) is 12.8 Å². The second-order valence-electron chi connectivity index (χ2n) is 5.24. The first kappa shape index (κ1) is 12.4. The maximum absolute atomic E-state index is 11.8. The summed E-state index contributed by atoms with van der Waals surface area (Å²) in [5.41, 5.74) is 5.29. The number of ether oxygens (including phenoxy) is 1. The summed E-state index contributed by atoms with van der Waals surface area (Å²) in [6.45, 7) is 3.83. The van der Waals surface area contributed by atoms with Gasteiger partial charge in [-0.15, -0.1) is 0 Å². The largest absolute Gasteiger partial charge is 0.371 e. The molecule has 0 aromatic rings. The first-order valence-electron chi connectivity index (χ1n) is 6.22. The molecule has 0 aromatic carbocycles. The molecule has 2 amide bonds. The summed E-state index contributed by atoms with van der Waals surface area (Å²) >= 11 is 0. The van der Waals surface area contributed by atoms with Gasteiger partial charge in [-0.05, 0) is 24.7 Å². The zero-order valence-corrected chi connectivity index (χ0v) is 10.2. The predicted molar refractivity (Wildman–Crippen MR) is 62.0 cm³/mol. The van der Waals surface area contributed by atoms with Gasteiger partial charge in [0.1, 0.15) is 6.61 Å². The molecule has 0 aromatic heterocycles. The molecule has 0 bridgehead atoms. The highest BCUT2D eigenvalue weighted by Gasteiger charge is 2.35. The minimum atomic E-state index is -0.313. The summed E-state index contributed by atoms with van der Waals surface area (Å²) in [5, 5.41) is 0. The van der Waals surface area contributed by atoms with Gasteiger partial charge in [-0.1, -0.05) is 6.92 Å². The number of hydrogen-bond donors (Lipinski definition) is 1. The number of primary amides is 1. The highest BCUT2D eigenvalue weighted by Crippen LogP contribution is 2.29. The highest BCUT2D eigenvalue weighted by atomic mass is 16.5. The molecule has 5 heteroatoms. The molecule has 2 aliphatic rings. The van der Waals surface area contributed by atoms with Crippen molar-refractivity contribution in [3.8, 4) is 0 Å². The molecule has 1 aliphatic carbocycles. The van der Waals surface area contributed by atoms with Crippen LogP contribution in [0.3, 0.4) is 0 Å². The van der Waals surface area contributed by atoms with E-state index in [1.807, 2.05) is 6.92 Å². The van der Waals surface area contributed by atoms with Gasteiger partial charge in [0.25, 0.3) is 0 Å². The van der Waals surface area contributed by atoms with Crippen molar-refractivity contribution in [3.05, 3.63) is 0 Å². The molecule has 2 atom stereocenters. The average Bonchev–Trinajstić information content (AvgIpc) is 2.99. The molecular formula is C12H20N2O3. The Balaban J connectivity index is 1.73. The molecular weight excluding hydrogens is 220 g/mol. The first-order chi connectivity index (χ1) is 8.08. The topological polar surface area (TPSA) is 72.6 Å². The number of rotatable bonds is 5. The zero-order valence-electron chi connectivity index (χ0n) is 10.2. The second-order valence-corrected chi connectivity index (χ2v) is 5.24. The zero-order chi connectivity index (χ0) is 12.4. The van der Waals surface area contributed by atoms with E-state index in [1.54, 1.807) is 4.90 Å². The van der Waals surface area contributed by atoms with Gasteiger partial charge in [-0.25, -0.2) is 0 Å². The predicted octanol–water partition coefficient (Wildman–Crippen LogP) is -0.00720. The van der Waals surface area contributed by atoms with E-state index in [0.29, 0.717) is 25.6 Å². The molecule has 0 unspecified atom stereocenters. The Morgan fingerprint density at radius 1 is 1.35 bits per heavy atom. The van der Waals surface area contributed by atoms with Crippen LogP contribution in [0.1, 0.15) is 19.8 Å². The van der Waals surface area contributed by atoms with Crippen molar-refractivity contribution in [2.24, 2.45) is 23.5 Å². The minimum Gasteiger partial charge on any atom is -0.371 e. The van der Waals surface area contributed by atoms with Gasteiger partial charge in [-0.3, -0.25) is 9.59 Å². The third-order valence-electron chi connectivity index (χ3n) is 3.61. The number of likely N-dealkylation sites (tertiary alicyclic amines) is 1. The van der Waals surface area contributed by atoms with Crippen molar-refractivity contribution in [3.63, 3.8) is 0 Å². The van der Waals surface area contributed by atoms with E-state index >= 15 is 0 Å². The van der Waals surface area contributed by atoms with Crippen molar-refractivity contribution in [1.82, 2.24) is 4.90 Å². The molecule has 0 spiro atoms. The number of nitrogens with zero attached hydrogens (tertiary/aromatic N) is 1. The molecule has 5 nitrogen and oxygen atoms in total. The van der Waals surface area contributed by atoms with E-state index in [2.05, 4.69) is 0 Å².